The van der Waals surface area contributed by atoms with E-state index in [2.05, 4.69) is 23.6 Å². The quantitative estimate of drug-likeness (QED) is 0.691. The summed E-state index contributed by atoms with van der Waals surface area (Å²) in [7, 11) is 0. The van der Waals surface area contributed by atoms with Crippen molar-refractivity contribution in [1.82, 2.24) is 9.80 Å². The summed E-state index contributed by atoms with van der Waals surface area (Å²) in [5, 5.41) is 9.44. The molecule has 1 rings (SSSR count). The van der Waals surface area contributed by atoms with Crippen LogP contribution in [0.25, 0.3) is 0 Å². The first-order valence-electron chi connectivity index (χ1n) is 5.29. The molecule has 3 nitrogen and oxygen atoms in total. The third-order valence-electron chi connectivity index (χ3n) is 3.13. The minimum absolute atomic E-state index is 0.215. The lowest BCUT2D eigenvalue weighted by Gasteiger charge is -2.38. The molecule has 0 aromatic heterocycles. The number of hydrogen-bond acceptors (Lipinski definition) is 3. The van der Waals surface area contributed by atoms with Crippen LogP contribution in [0.3, 0.4) is 0 Å². The highest BCUT2D eigenvalue weighted by atomic mass is 16.3. The smallest absolute Gasteiger partial charge is 0.0664 e. The Morgan fingerprint density at radius 3 is 2.08 bits per heavy atom. The highest BCUT2D eigenvalue weighted by Gasteiger charge is 2.22. The lowest BCUT2D eigenvalue weighted by Crippen LogP contribution is -2.52. The van der Waals surface area contributed by atoms with Crippen molar-refractivity contribution in [2.45, 2.75) is 32.9 Å². The summed E-state index contributed by atoms with van der Waals surface area (Å²) in [4.78, 5) is 4.82. The van der Waals surface area contributed by atoms with Crippen LogP contribution in [0.4, 0.5) is 0 Å². The molecule has 0 aliphatic carbocycles. The van der Waals surface area contributed by atoms with Crippen LogP contribution < -0.4 is 0 Å². The van der Waals surface area contributed by atoms with Gasteiger partial charge in [0.05, 0.1) is 6.10 Å². The Labute approximate surface area is 81.3 Å². The van der Waals surface area contributed by atoms with Gasteiger partial charge in [0, 0.05) is 32.2 Å². The van der Waals surface area contributed by atoms with E-state index in [0.717, 1.165) is 32.7 Å². The minimum atomic E-state index is -0.215. The van der Waals surface area contributed by atoms with Gasteiger partial charge in [-0.05, 0) is 20.4 Å². The van der Waals surface area contributed by atoms with Gasteiger partial charge in [0.2, 0.25) is 0 Å². The monoisotopic (exact) mass is 186 g/mol. The Morgan fingerprint density at radius 1 is 1.15 bits per heavy atom. The molecule has 0 bridgehead atoms. The molecule has 0 amide bonds. The van der Waals surface area contributed by atoms with Gasteiger partial charge in [0.1, 0.15) is 0 Å². The van der Waals surface area contributed by atoms with Gasteiger partial charge in [0.25, 0.3) is 0 Å². The maximum Gasteiger partial charge on any atom is 0.0664 e. The minimum Gasteiger partial charge on any atom is -0.392 e. The molecule has 1 aliphatic heterocycles. The molecule has 2 atom stereocenters. The summed E-state index contributed by atoms with van der Waals surface area (Å²) in [6, 6.07) is 0.305. The van der Waals surface area contributed by atoms with Crippen LogP contribution >= 0.6 is 0 Å². The lowest BCUT2D eigenvalue weighted by molar-refractivity contribution is 0.0368. The molecule has 1 heterocycles. The topological polar surface area (TPSA) is 26.7 Å². The Hall–Kier alpha value is -0.120. The van der Waals surface area contributed by atoms with E-state index < -0.39 is 0 Å². The number of nitrogens with zero attached hydrogens (tertiary/aromatic N) is 2. The molecule has 1 saturated heterocycles. The molecule has 1 fully saturated rings. The van der Waals surface area contributed by atoms with Gasteiger partial charge < -0.3 is 10.0 Å². The van der Waals surface area contributed by atoms with Crippen LogP contribution in [0.15, 0.2) is 0 Å². The second-order valence-electron chi connectivity index (χ2n) is 3.95. The van der Waals surface area contributed by atoms with Crippen molar-refractivity contribution < 1.29 is 5.11 Å². The Kier molecular flexibility index (Phi) is 4.16. The number of hydrogen-bond donors (Lipinski definition) is 1. The fraction of sp³-hybridized carbons (Fsp3) is 1.00. The molecular weight excluding hydrogens is 164 g/mol. The Balaban J connectivity index is 2.32. The summed E-state index contributed by atoms with van der Waals surface area (Å²) in [6.45, 7) is 11.8. The van der Waals surface area contributed by atoms with Crippen LogP contribution in [-0.4, -0.2) is 59.8 Å². The maximum absolute atomic E-state index is 9.44. The van der Waals surface area contributed by atoms with Crippen molar-refractivity contribution in [2.24, 2.45) is 0 Å². The van der Waals surface area contributed by atoms with E-state index in [0.29, 0.717) is 6.04 Å². The van der Waals surface area contributed by atoms with Crippen LogP contribution in [0, 0.1) is 0 Å². The van der Waals surface area contributed by atoms with Gasteiger partial charge in [-0.15, -0.1) is 0 Å². The zero-order valence-electron chi connectivity index (χ0n) is 9.03. The maximum atomic E-state index is 9.44. The zero-order chi connectivity index (χ0) is 9.84. The number of rotatable bonds is 3. The fourth-order valence-electron chi connectivity index (χ4n) is 1.79. The predicted molar refractivity (Wildman–Crippen MR) is 54.8 cm³/mol. The molecule has 0 aromatic carbocycles. The summed E-state index contributed by atoms with van der Waals surface area (Å²) < 4.78 is 0. The van der Waals surface area contributed by atoms with E-state index in [1.165, 1.54) is 0 Å². The zero-order valence-corrected chi connectivity index (χ0v) is 9.03. The van der Waals surface area contributed by atoms with Gasteiger partial charge in [-0.1, -0.05) is 6.92 Å². The molecule has 0 radical (unpaired) electrons. The fourth-order valence-corrected chi connectivity index (χ4v) is 1.79. The van der Waals surface area contributed by atoms with E-state index in [1.54, 1.807) is 0 Å². The summed E-state index contributed by atoms with van der Waals surface area (Å²) >= 11 is 0. The summed E-state index contributed by atoms with van der Waals surface area (Å²) in [6.07, 6.45) is -0.215. The lowest BCUT2D eigenvalue weighted by atomic mass is 10.1. The average Bonchev–Trinajstić information content (AvgIpc) is 2.17. The molecule has 3 heteroatoms. The van der Waals surface area contributed by atoms with Gasteiger partial charge in [-0.2, -0.15) is 0 Å². The number of aliphatic hydroxyl groups is 1. The third-order valence-corrected chi connectivity index (χ3v) is 3.13. The second-order valence-corrected chi connectivity index (χ2v) is 3.95. The molecular formula is C10H22N2O. The molecule has 1 aliphatic rings. The van der Waals surface area contributed by atoms with Crippen LogP contribution in [0.5, 0.6) is 0 Å². The molecule has 13 heavy (non-hydrogen) atoms. The van der Waals surface area contributed by atoms with Crippen LogP contribution in [0.1, 0.15) is 20.8 Å². The summed E-state index contributed by atoms with van der Waals surface area (Å²) in [5.74, 6) is 0. The molecule has 0 saturated carbocycles. The molecule has 0 aromatic rings. The van der Waals surface area contributed by atoms with Crippen molar-refractivity contribution in [3.8, 4) is 0 Å². The predicted octanol–water partition coefficient (Wildman–Crippen LogP) is 0.393. The Bertz CT molecular complexity index is 142. The molecule has 2 unspecified atom stereocenters. The number of likely N-dealkylation sites (N-methyl/N-ethyl adjacent to an activating group) is 1. The second kappa shape index (κ2) is 4.94. The Morgan fingerprint density at radius 2 is 1.69 bits per heavy atom. The van der Waals surface area contributed by atoms with E-state index in [-0.39, 0.29) is 6.10 Å². The normalized spacial score (nSPS) is 25.8. The van der Waals surface area contributed by atoms with Crippen molar-refractivity contribution in [1.29, 1.82) is 0 Å². The van der Waals surface area contributed by atoms with Crippen molar-refractivity contribution in [3.05, 3.63) is 0 Å². The highest BCUT2D eigenvalue weighted by Crippen LogP contribution is 2.08. The van der Waals surface area contributed by atoms with Gasteiger partial charge >= 0.3 is 0 Å². The van der Waals surface area contributed by atoms with Crippen LogP contribution in [-0.2, 0) is 0 Å². The van der Waals surface area contributed by atoms with E-state index in [1.807, 2.05) is 6.92 Å². The third kappa shape index (κ3) is 2.93. The van der Waals surface area contributed by atoms with E-state index in [4.69, 9.17) is 0 Å². The van der Waals surface area contributed by atoms with Gasteiger partial charge in [-0.25, -0.2) is 0 Å². The first-order valence-corrected chi connectivity index (χ1v) is 5.29. The molecule has 1 N–H and O–H groups in total. The van der Waals surface area contributed by atoms with Crippen molar-refractivity contribution in [2.75, 3.05) is 32.7 Å². The van der Waals surface area contributed by atoms with Gasteiger partial charge in [-0.3, -0.25) is 4.90 Å². The van der Waals surface area contributed by atoms with Crippen molar-refractivity contribution in [3.63, 3.8) is 0 Å². The molecule has 0 spiro atoms. The largest absolute Gasteiger partial charge is 0.392 e. The highest BCUT2D eigenvalue weighted by molar-refractivity contribution is 4.78. The molecule has 78 valence electrons. The SMILES string of the molecule is CCN1CCN(C(C)C(C)O)CC1. The van der Waals surface area contributed by atoms with E-state index in [9.17, 15) is 5.11 Å². The average molecular weight is 186 g/mol. The van der Waals surface area contributed by atoms with E-state index >= 15 is 0 Å². The summed E-state index contributed by atoms with van der Waals surface area (Å²) in [5.41, 5.74) is 0. The first-order chi connectivity index (χ1) is 6.15. The van der Waals surface area contributed by atoms with Crippen LogP contribution in [0.2, 0.25) is 0 Å². The van der Waals surface area contributed by atoms with Crippen molar-refractivity contribution >= 4 is 0 Å². The number of aliphatic hydroxyl groups excluding tert-OH is 1. The standard InChI is InChI=1S/C10H22N2O/c1-4-11-5-7-12(8-6-11)9(2)10(3)13/h9-10,13H,4-8H2,1-3H3. The number of piperazine rings is 1. The first kappa shape index (κ1) is 11.0. The van der Waals surface area contributed by atoms with Gasteiger partial charge in [0.15, 0.2) is 0 Å².